The van der Waals surface area contributed by atoms with Crippen LogP contribution in [0.25, 0.3) is 11.3 Å². The monoisotopic (exact) mass is 479 g/mol. The molecule has 0 aliphatic rings. The highest BCUT2D eigenvalue weighted by atomic mass is 19.4. The number of nitrogens with zero attached hydrogens (tertiary/aromatic N) is 3. The maximum absolute atomic E-state index is 12.2. The number of hydrogen-bond acceptors (Lipinski definition) is 6. The first-order chi connectivity index (χ1) is 15.8. The highest BCUT2D eigenvalue weighted by Crippen LogP contribution is 2.32. The third-order valence-electron chi connectivity index (χ3n) is 5.05. The van der Waals surface area contributed by atoms with Crippen LogP contribution in [0, 0.1) is 25.2 Å². The predicted molar refractivity (Wildman–Crippen MR) is 119 cm³/mol. The average Bonchev–Trinajstić information content (AvgIpc) is 3.04. The van der Waals surface area contributed by atoms with Gasteiger partial charge >= 0.3 is 12.3 Å². The van der Waals surface area contributed by atoms with Crippen molar-refractivity contribution >= 4 is 17.5 Å². The van der Waals surface area contributed by atoms with E-state index < -0.39 is 25.7 Å². The third-order valence-corrected chi connectivity index (χ3v) is 5.05. The molecule has 0 aliphatic carbocycles. The highest BCUT2D eigenvalue weighted by Gasteiger charge is 2.30. The number of rotatable bonds is 7. The molecule has 0 aliphatic heterocycles. The molecule has 7 nitrogen and oxygen atoms in total. The fraction of sp³-hybridized carbons (Fsp3) is 0.458. The van der Waals surface area contributed by atoms with Crippen LogP contribution in [0.2, 0.25) is 0 Å². The Morgan fingerprint density at radius 1 is 1.09 bits per heavy atom. The minimum Gasteiger partial charge on any atom is -0.454 e. The number of nitriles is 1. The van der Waals surface area contributed by atoms with Gasteiger partial charge in [0.25, 0.3) is 0 Å². The van der Waals surface area contributed by atoms with E-state index in [0.717, 1.165) is 11.1 Å². The van der Waals surface area contributed by atoms with Crippen molar-refractivity contribution in [3.05, 3.63) is 52.3 Å². The summed E-state index contributed by atoms with van der Waals surface area (Å²) in [7, 11) is 0. The topological polar surface area (TPSA) is 86.4 Å². The molecular formula is C24H28F3N3O4. The second-order valence-corrected chi connectivity index (χ2v) is 8.58. The Labute approximate surface area is 196 Å². The molecule has 0 amide bonds. The standard InChI is InChI=1S/C24H28F3N3O4/c1-7-30-20(15(2)16(3)29-30)21(33-14-34-22(31)32-13-24(25,26)27)19(12-28)17-8-10-18(11-9-17)23(4,5)6/h8-11H,7,13-14H2,1-6H3/b21-19-. The second kappa shape index (κ2) is 10.6. The van der Waals surface area contributed by atoms with E-state index in [0.29, 0.717) is 23.5 Å². The van der Waals surface area contributed by atoms with Crippen molar-refractivity contribution in [2.24, 2.45) is 0 Å². The van der Waals surface area contributed by atoms with Gasteiger partial charge in [-0.1, -0.05) is 45.0 Å². The zero-order valence-corrected chi connectivity index (χ0v) is 20.0. The number of allylic oxidation sites excluding steroid dienone is 1. The van der Waals surface area contributed by atoms with E-state index in [1.807, 2.05) is 26.0 Å². The van der Waals surface area contributed by atoms with Crippen LogP contribution in [0.4, 0.5) is 18.0 Å². The van der Waals surface area contributed by atoms with Crippen LogP contribution in [0.5, 0.6) is 0 Å². The van der Waals surface area contributed by atoms with Gasteiger partial charge in [-0.2, -0.15) is 23.5 Å². The van der Waals surface area contributed by atoms with Crippen molar-refractivity contribution in [3.8, 4) is 6.07 Å². The van der Waals surface area contributed by atoms with E-state index in [2.05, 4.69) is 41.4 Å². The van der Waals surface area contributed by atoms with E-state index in [9.17, 15) is 23.2 Å². The molecule has 0 saturated carbocycles. The predicted octanol–water partition coefficient (Wildman–Crippen LogP) is 5.90. The van der Waals surface area contributed by atoms with Crippen molar-refractivity contribution in [2.75, 3.05) is 13.4 Å². The van der Waals surface area contributed by atoms with Crippen LogP contribution in [-0.2, 0) is 26.2 Å². The quantitative estimate of drug-likeness (QED) is 0.213. The van der Waals surface area contributed by atoms with Crippen LogP contribution in [0.3, 0.4) is 0 Å². The third kappa shape index (κ3) is 6.76. The SMILES string of the molecule is CCn1nc(C)c(C)c1/C(OCOC(=O)OCC(F)(F)F)=C(\C#N)c1ccc(C(C)(C)C)cc1. The second-order valence-electron chi connectivity index (χ2n) is 8.58. The first-order valence-electron chi connectivity index (χ1n) is 10.6. The lowest BCUT2D eigenvalue weighted by Gasteiger charge is -2.19. The molecule has 184 valence electrons. The molecule has 1 aromatic carbocycles. The lowest BCUT2D eigenvalue weighted by Crippen LogP contribution is -2.21. The molecule has 34 heavy (non-hydrogen) atoms. The van der Waals surface area contributed by atoms with Crippen LogP contribution in [-0.4, -0.2) is 35.5 Å². The molecule has 2 rings (SSSR count). The largest absolute Gasteiger partial charge is 0.511 e. The smallest absolute Gasteiger partial charge is 0.454 e. The normalized spacial score (nSPS) is 12.6. The van der Waals surface area contributed by atoms with E-state index in [-0.39, 0.29) is 16.7 Å². The number of alkyl halides is 3. The van der Waals surface area contributed by atoms with Gasteiger partial charge in [-0.05, 0) is 37.3 Å². The Balaban J connectivity index is 2.45. The van der Waals surface area contributed by atoms with Gasteiger partial charge in [0.05, 0.1) is 5.69 Å². The van der Waals surface area contributed by atoms with Crippen molar-refractivity contribution in [2.45, 2.75) is 59.7 Å². The molecule has 1 aromatic heterocycles. The highest BCUT2D eigenvalue weighted by molar-refractivity contribution is 5.94. The number of carbonyl (C=O) groups is 1. The Hall–Kier alpha value is -3.48. The summed E-state index contributed by atoms with van der Waals surface area (Å²) in [4.78, 5) is 11.5. The Morgan fingerprint density at radius 3 is 2.21 bits per heavy atom. The summed E-state index contributed by atoms with van der Waals surface area (Å²) in [6.07, 6.45) is -6.22. The number of carbonyl (C=O) groups excluding carboxylic acids is 1. The van der Waals surface area contributed by atoms with E-state index >= 15 is 0 Å². The summed E-state index contributed by atoms with van der Waals surface area (Å²) in [5.41, 5.74) is 3.66. The van der Waals surface area contributed by atoms with Gasteiger partial charge in [-0.25, -0.2) is 4.79 Å². The molecule has 0 unspecified atom stereocenters. The number of aromatic nitrogens is 2. The molecule has 0 N–H and O–H groups in total. The summed E-state index contributed by atoms with van der Waals surface area (Å²) in [5.74, 6) is 0.0922. The molecular weight excluding hydrogens is 451 g/mol. The van der Waals surface area contributed by atoms with E-state index in [1.54, 1.807) is 23.7 Å². The first-order valence-corrected chi connectivity index (χ1v) is 10.6. The van der Waals surface area contributed by atoms with Crippen molar-refractivity contribution in [1.29, 1.82) is 5.26 Å². The number of halogens is 3. The molecule has 0 fully saturated rings. The van der Waals surface area contributed by atoms with Gasteiger partial charge in [0.2, 0.25) is 6.79 Å². The maximum atomic E-state index is 12.2. The van der Waals surface area contributed by atoms with Crippen LogP contribution >= 0.6 is 0 Å². The summed E-state index contributed by atoms with van der Waals surface area (Å²) in [6.45, 7) is 9.61. The fourth-order valence-corrected chi connectivity index (χ4v) is 3.15. The van der Waals surface area contributed by atoms with Crippen LogP contribution < -0.4 is 0 Å². The molecule has 0 spiro atoms. The summed E-state index contributed by atoms with van der Waals surface area (Å²) in [5, 5.41) is 14.5. The molecule has 10 heteroatoms. The first kappa shape index (κ1) is 26.8. The van der Waals surface area contributed by atoms with Gasteiger partial charge in [0.1, 0.15) is 17.3 Å². The van der Waals surface area contributed by atoms with Gasteiger partial charge in [-0.3, -0.25) is 4.68 Å². The lowest BCUT2D eigenvalue weighted by molar-refractivity contribution is -0.167. The molecule has 0 saturated heterocycles. The zero-order valence-electron chi connectivity index (χ0n) is 20.0. The Morgan fingerprint density at radius 2 is 1.71 bits per heavy atom. The Kier molecular flexibility index (Phi) is 8.37. The van der Waals surface area contributed by atoms with Crippen LogP contribution in [0.15, 0.2) is 24.3 Å². The lowest BCUT2D eigenvalue weighted by atomic mass is 9.86. The van der Waals surface area contributed by atoms with Gasteiger partial charge in [0.15, 0.2) is 12.4 Å². The number of hydrogen-bond donors (Lipinski definition) is 0. The van der Waals surface area contributed by atoms with Crippen LogP contribution in [0.1, 0.15) is 55.8 Å². The molecule has 0 radical (unpaired) electrons. The number of ether oxygens (including phenoxy) is 3. The van der Waals surface area contributed by atoms with Crippen molar-refractivity contribution in [1.82, 2.24) is 9.78 Å². The number of aryl methyl sites for hydroxylation is 2. The molecule has 0 bridgehead atoms. The summed E-state index contributed by atoms with van der Waals surface area (Å²) in [6, 6.07) is 9.53. The molecule has 2 aromatic rings. The molecule has 1 heterocycles. The van der Waals surface area contributed by atoms with Crippen molar-refractivity contribution < 1.29 is 32.2 Å². The van der Waals surface area contributed by atoms with E-state index in [1.165, 1.54) is 0 Å². The maximum Gasteiger partial charge on any atom is 0.511 e. The minimum atomic E-state index is -4.68. The van der Waals surface area contributed by atoms with Gasteiger partial charge in [0, 0.05) is 12.1 Å². The van der Waals surface area contributed by atoms with Gasteiger partial charge < -0.3 is 14.2 Å². The summed E-state index contributed by atoms with van der Waals surface area (Å²) < 4.78 is 52.7. The van der Waals surface area contributed by atoms with Crippen molar-refractivity contribution in [3.63, 3.8) is 0 Å². The average molecular weight is 479 g/mol. The molecule has 0 atom stereocenters. The zero-order chi connectivity index (χ0) is 25.7. The van der Waals surface area contributed by atoms with E-state index in [4.69, 9.17) is 4.74 Å². The van der Waals surface area contributed by atoms with Gasteiger partial charge in [-0.15, -0.1) is 0 Å². The Bertz CT molecular complexity index is 1090. The number of benzene rings is 1. The summed E-state index contributed by atoms with van der Waals surface area (Å²) >= 11 is 0. The fourth-order valence-electron chi connectivity index (χ4n) is 3.15. The minimum absolute atomic E-state index is 0.0898.